The Balaban J connectivity index is 0.00000225. The summed E-state index contributed by atoms with van der Waals surface area (Å²) in [6, 6.07) is 0. The van der Waals surface area contributed by atoms with E-state index in [0.717, 1.165) is 12.8 Å². The molecule has 0 aromatic heterocycles. The molecule has 0 aromatic rings. The van der Waals surface area contributed by atoms with Crippen LogP contribution in [0.4, 0.5) is 0 Å². The van der Waals surface area contributed by atoms with E-state index in [9.17, 15) is 4.79 Å². The van der Waals surface area contributed by atoms with Gasteiger partial charge in [-0.05, 0) is 6.42 Å². The predicted octanol–water partition coefficient (Wildman–Crippen LogP) is 1.23. The summed E-state index contributed by atoms with van der Waals surface area (Å²) in [6.45, 7) is 3.28. The Kier molecular flexibility index (Phi) is 8.44. The molecule has 0 bridgehead atoms. The number of ketones is 1. The maximum absolute atomic E-state index is 11.8. The minimum Gasteiger partial charge on any atom is -0.374 e. The van der Waals surface area contributed by atoms with E-state index in [2.05, 4.69) is 6.92 Å². The van der Waals surface area contributed by atoms with Gasteiger partial charge in [0.25, 0.3) is 0 Å². The molecule has 1 atom stereocenters. The quantitative estimate of drug-likeness (QED) is 0.680. The summed E-state index contributed by atoms with van der Waals surface area (Å²) in [5, 5.41) is 0. The van der Waals surface area contributed by atoms with Crippen LogP contribution in [-0.4, -0.2) is 31.3 Å². The average Bonchev–Trinajstić information content (AvgIpc) is 2.25. The third-order valence-corrected chi connectivity index (χ3v) is 2.63. The first-order valence-corrected chi connectivity index (χ1v) is 5.73. The largest absolute Gasteiger partial charge is 0.374 e. The molecule has 1 heterocycles. The van der Waals surface area contributed by atoms with Crippen LogP contribution in [0.5, 0.6) is 0 Å². The third-order valence-electron chi connectivity index (χ3n) is 2.63. The van der Waals surface area contributed by atoms with Gasteiger partial charge in [0.15, 0.2) is 11.5 Å². The number of nitrogens with two attached hydrogens (primary N) is 1. The summed E-state index contributed by atoms with van der Waals surface area (Å²) in [7, 11) is 0. The van der Waals surface area contributed by atoms with Crippen LogP contribution in [0.3, 0.4) is 0 Å². The maximum atomic E-state index is 11.8. The molecule has 1 rings (SSSR count). The topological polar surface area (TPSA) is 61.6 Å². The van der Waals surface area contributed by atoms with Gasteiger partial charge in [-0.2, -0.15) is 0 Å². The van der Waals surface area contributed by atoms with Gasteiger partial charge >= 0.3 is 0 Å². The molecule has 0 spiro atoms. The first kappa shape index (κ1) is 16.2. The first-order valence-electron chi connectivity index (χ1n) is 5.73. The SMILES string of the molecule is CCCCCCC(=O)C1(N)COCCO1.[Re]. The molecule has 1 fully saturated rings. The van der Waals surface area contributed by atoms with Crippen molar-refractivity contribution >= 4 is 5.78 Å². The zero-order chi connectivity index (χ0) is 11.1. The smallest absolute Gasteiger partial charge is 0.199 e. The van der Waals surface area contributed by atoms with E-state index in [0.29, 0.717) is 19.6 Å². The number of unbranched alkanes of at least 4 members (excludes halogenated alkanes) is 3. The minimum atomic E-state index is -1.18. The van der Waals surface area contributed by atoms with Crippen molar-refractivity contribution in [2.24, 2.45) is 5.73 Å². The Morgan fingerprint density at radius 1 is 1.31 bits per heavy atom. The Morgan fingerprint density at radius 3 is 2.62 bits per heavy atom. The van der Waals surface area contributed by atoms with Crippen molar-refractivity contribution in [2.45, 2.75) is 44.8 Å². The van der Waals surface area contributed by atoms with Gasteiger partial charge < -0.3 is 9.47 Å². The fourth-order valence-corrected chi connectivity index (χ4v) is 1.63. The molecule has 4 nitrogen and oxygen atoms in total. The van der Waals surface area contributed by atoms with Crippen molar-refractivity contribution in [1.82, 2.24) is 0 Å². The molecule has 1 saturated heterocycles. The summed E-state index contributed by atoms with van der Waals surface area (Å²) in [6.07, 6.45) is 4.82. The second-order valence-corrected chi connectivity index (χ2v) is 4.02. The minimum absolute atomic E-state index is 0. The third kappa shape index (κ3) is 5.03. The molecule has 2 N–H and O–H groups in total. The molecule has 1 aliphatic rings. The van der Waals surface area contributed by atoms with Crippen LogP contribution < -0.4 is 5.73 Å². The summed E-state index contributed by atoms with van der Waals surface area (Å²) in [4.78, 5) is 11.8. The van der Waals surface area contributed by atoms with Crippen molar-refractivity contribution in [3.63, 3.8) is 0 Å². The molecule has 1 unspecified atom stereocenters. The van der Waals surface area contributed by atoms with Gasteiger partial charge in [0, 0.05) is 26.8 Å². The fourth-order valence-electron chi connectivity index (χ4n) is 1.63. The predicted molar refractivity (Wildman–Crippen MR) is 57.5 cm³/mol. The van der Waals surface area contributed by atoms with Crippen molar-refractivity contribution < 1.29 is 34.7 Å². The monoisotopic (exact) mass is 402 g/mol. The van der Waals surface area contributed by atoms with Gasteiger partial charge in [-0.15, -0.1) is 0 Å². The van der Waals surface area contributed by atoms with Crippen molar-refractivity contribution in [1.29, 1.82) is 0 Å². The standard InChI is InChI=1S/C11H21NO3.Re/c1-2-3-4-5-6-10(13)11(12)9-14-7-8-15-11;/h2-9,12H2,1H3;. The van der Waals surface area contributed by atoms with E-state index in [1.807, 2.05) is 0 Å². The fraction of sp³-hybridized carbons (Fsp3) is 0.909. The second-order valence-electron chi connectivity index (χ2n) is 4.02. The molecule has 1 aliphatic heterocycles. The van der Waals surface area contributed by atoms with Crippen LogP contribution >= 0.6 is 0 Å². The van der Waals surface area contributed by atoms with Crippen molar-refractivity contribution in [2.75, 3.05) is 19.8 Å². The zero-order valence-electron chi connectivity index (χ0n) is 9.84. The van der Waals surface area contributed by atoms with Crippen LogP contribution in [0.1, 0.15) is 39.0 Å². The molecule has 5 heteroatoms. The van der Waals surface area contributed by atoms with Gasteiger partial charge in [0.1, 0.15) is 0 Å². The Morgan fingerprint density at radius 2 is 2.06 bits per heavy atom. The Hall–Kier alpha value is 0.212. The summed E-state index contributed by atoms with van der Waals surface area (Å²) in [5.41, 5.74) is 4.64. The molecule has 95 valence electrons. The van der Waals surface area contributed by atoms with E-state index in [-0.39, 0.29) is 32.8 Å². The van der Waals surface area contributed by atoms with Crippen molar-refractivity contribution in [3.05, 3.63) is 0 Å². The van der Waals surface area contributed by atoms with Crippen LogP contribution in [0.15, 0.2) is 0 Å². The van der Waals surface area contributed by atoms with Gasteiger partial charge in [-0.1, -0.05) is 26.2 Å². The summed E-state index contributed by atoms with van der Waals surface area (Å²) < 4.78 is 10.5. The summed E-state index contributed by atoms with van der Waals surface area (Å²) >= 11 is 0. The van der Waals surface area contributed by atoms with Crippen LogP contribution in [0.2, 0.25) is 0 Å². The molecule has 0 amide bonds. The zero-order valence-corrected chi connectivity index (χ0v) is 12.6. The van der Waals surface area contributed by atoms with Gasteiger partial charge in [-0.25, -0.2) is 0 Å². The molecule has 0 aromatic carbocycles. The molecular weight excluding hydrogens is 380 g/mol. The number of carbonyl (C=O) groups excluding carboxylic acids is 1. The molecule has 0 saturated carbocycles. The average molecular weight is 401 g/mol. The number of rotatable bonds is 6. The normalized spacial score (nSPS) is 24.9. The van der Waals surface area contributed by atoms with E-state index < -0.39 is 5.72 Å². The number of hydrogen-bond donors (Lipinski definition) is 1. The van der Waals surface area contributed by atoms with E-state index in [1.54, 1.807) is 0 Å². The summed E-state index contributed by atoms with van der Waals surface area (Å²) in [5.74, 6) is -0.0293. The number of carbonyl (C=O) groups is 1. The van der Waals surface area contributed by atoms with Crippen LogP contribution in [-0.2, 0) is 34.7 Å². The first-order chi connectivity index (χ1) is 7.19. The van der Waals surface area contributed by atoms with E-state index in [1.165, 1.54) is 12.8 Å². The molecule has 0 aliphatic carbocycles. The number of hydrogen-bond acceptors (Lipinski definition) is 4. The van der Waals surface area contributed by atoms with Gasteiger partial charge in [0.05, 0.1) is 19.8 Å². The van der Waals surface area contributed by atoms with Crippen molar-refractivity contribution in [3.8, 4) is 0 Å². The Labute approximate surface area is 111 Å². The Bertz CT molecular complexity index is 205. The molecule has 1 radical (unpaired) electrons. The second kappa shape index (κ2) is 8.32. The van der Waals surface area contributed by atoms with Gasteiger partial charge in [0.2, 0.25) is 0 Å². The maximum Gasteiger partial charge on any atom is 0.199 e. The van der Waals surface area contributed by atoms with Crippen LogP contribution in [0, 0.1) is 0 Å². The number of Topliss-reactive ketones (excluding diaryl/α,β-unsaturated/α-hetero) is 1. The van der Waals surface area contributed by atoms with Crippen LogP contribution in [0.25, 0.3) is 0 Å². The molecule has 16 heavy (non-hydrogen) atoms. The van der Waals surface area contributed by atoms with E-state index >= 15 is 0 Å². The van der Waals surface area contributed by atoms with Gasteiger partial charge in [-0.3, -0.25) is 10.5 Å². The molecular formula is C11H21NO3Re. The van der Waals surface area contributed by atoms with E-state index in [4.69, 9.17) is 15.2 Å². The number of ether oxygens (including phenoxy) is 2.